The van der Waals surface area contributed by atoms with Crippen molar-refractivity contribution < 1.29 is 13.2 Å². The van der Waals surface area contributed by atoms with Crippen molar-refractivity contribution in [3.8, 4) is 11.3 Å². The summed E-state index contributed by atoms with van der Waals surface area (Å²) >= 11 is 0. The molecule has 0 bridgehead atoms. The van der Waals surface area contributed by atoms with Gasteiger partial charge in [-0.2, -0.15) is 13.2 Å². The maximum Gasteiger partial charge on any atom is 0.418 e. The van der Waals surface area contributed by atoms with E-state index in [1.807, 2.05) is 0 Å². The van der Waals surface area contributed by atoms with Crippen molar-refractivity contribution in [1.82, 2.24) is 15.1 Å². The molecule has 0 amide bonds. The molecule has 28 heavy (non-hydrogen) atoms. The minimum atomic E-state index is -4.56. The fourth-order valence-electron chi connectivity index (χ4n) is 3.01. The quantitative estimate of drug-likeness (QED) is 0.668. The maximum atomic E-state index is 12.7. The van der Waals surface area contributed by atoms with E-state index in [1.54, 1.807) is 13.0 Å². The second kappa shape index (κ2) is 9.09. The van der Waals surface area contributed by atoms with Gasteiger partial charge in [-0.3, -0.25) is 0 Å². The normalized spacial score (nSPS) is 15.0. The highest BCUT2D eigenvalue weighted by Crippen LogP contribution is 2.40. The summed E-state index contributed by atoms with van der Waals surface area (Å²) in [5, 5.41) is 7.52. The molecule has 0 atom stereocenters. The average molecular weight is 396 g/mol. The predicted octanol–water partition coefficient (Wildman–Crippen LogP) is 3.71. The largest absolute Gasteiger partial charge is 0.418 e. The van der Waals surface area contributed by atoms with Crippen molar-refractivity contribution in [1.29, 1.82) is 0 Å². The zero-order chi connectivity index (χ0) is 20.9. The molecule has 0 unspecified atom stereocenters. The number of hydrogen-bond acceptors (Lipinski definition) is 6. The van der Waals surface area contributed by atoms with Crippen LogP contribution in [0.4, 0.5) is 30.4 Å². The molecule has 154 valence electrons. The lowest BCUT2D eigenvalue weighted by Crippen LogP contribution is -2.29. The number of piperidine rings is 1. The molecule has 1 fully saturated rings. The highest BCUT2D eigenvalue weighted by Gasteiger charge is 2.34. The first kappa shape index (κ1) is 21.7. The van der Waals surface area contributed by atoms with Crippen LogP contribution in [-0.2, 0) is 6.18 Å². The van der Waals surface area contributed by atoms with Gasteiger partial charge in [-0.1, -0.05) is 13.3 Å². The Labute approximate surface area is 162 Å². The van der Waals surface area contributed by atoms with Crippen LogP contribution in [0.15, 0.2) is 18.2 Å². The van der Waals surface area contributed by atoms with Crippen LogP contribution in [0.2, 0.25) is 0 Å². The summed E-state index contributed by atoms with van der Waals surface area (Å²) in [6, 6.07) is 3.67. The van der Waals surface area contributed by atoms with Crippen LogP contribution in [0.25, 0.3) is 11.3 Å². The molecule has 2 heterocycles. The number of anilines is 3. The lowest BCUT2D eigenvalue weighted by atomic mass is 10.0. The molecule has 9 heteroatoms. The van der Waals surface area contributed by atoms with Crippen LogP contribution in [0.5, 0.6) is 0 Å². The van der Waals surface area contributed by atoms with Gasteiger partial charge in [-0.25, -0.2) is 0 Å². The lowest BCUT2D eigenvalue weighted by Gasteiger charge is -2.24. The summed E-state index contributed by atoms with van der Waals surface area (Å²) in [6.07, 6.45) is -0.252. The first-order valence-electron chi connectivity index (χ1n) is 9.22. The molecule has 3 rings (SSSR count). The molecule has 1 saturated heterocycles. The van der Waals surface area contributed by atoms with Crippen LogP contribution >= 0.6 is 0 Å². The standard InChI is InChI=1S/C12H12F3N5.C7H15N/c1-5-4-8(19-20-11(5)18)6-2-3-7(12(13,14)15)10(17)9(6)16;1-2-8-6-4-3-5-7-8/h2-4H,16-17H2,1H3,(H2,18,20);2-7H2,1H3. The van der Waals surface area contributed by atoms with Gasteiger partial charge >= 0.3 is 6.18 Å². The third-order valence-corrected chi connectivity index (χ3v) is 4.79. The molecule has 0 saturated carbocycles. The van der Waals surface area contributed by atoms with Gasteiger partial charge in [-0.15, -0.1) is 10.2 Å². The van der Waals surface area contributed by atoms with Crippen molar-refractivity contribution >= 4 is 17.2 Å². The Morgan fingerprint density at radius 3 is 2.14 bits per heavy atom. The summed E-state index contributed by atoms with van der Waals surface area (Å²) < 4.78 is 38.1. The third-order valence-electron chi connectivity index (χ3n) is 4.79. The molecule has 0 spiro atoms. The van der Waals surface area contributed by atoms with Crippen molar-refractivity contribution in [2.75, 3.05) is 36.8 Å². The smallest absolute Gasteiger partial charge is 0.397 e. The maximum absolute atomic E-state index is 12.7. The van der Waals surface area contributed by atoms with Gasteiger partial charge in [0.25, 0.3) is 0 Å². The summed E-state index contributed by atoms with van der Waals surface area (Å²) in [5.74, 6) is 0.243. The molecule has 1 aliphatic heterocycles. The number of halogens is 3. The Morgan fingerprint density at radius 1 is 1.00 bits per heavy atom. The van der Waals surface area contributed by atoms with Crippen molar-refractivity contribution in [3.05, 3.63) is 29.3 Å². The Hall–Kier alpha value is -2.55. The number of nitrogens with two attached hydrogens (primary N) is 3. The molecule has 0 aliphatic carbocycles. The van der Waals surface area contributed by atoms with E-state index in [0.717, 1.165) is 6.07 Å². The Balaban J connectivity index is 0.000000292. The SMILES string of the molecule is CCN1CCCCC1.Cc1cc(-c2ccc(C(F)(F)F)c(N)c2N)nnc1N. The molecule has 1 aromatic heterocycles. The van der Waals surface area contributed by atoms with Gasteiger partial charge in [0.15, 0.2) is 0 Å². The molecule has 6 nitrogen and oxygen atoms in total. The third kappa shape index (κ3) is 5.25. The topological polar surface area (TPSA) is 107 Å². The monoisotopic (exact) mass is 396 g/mol. The lowest BCUT2D eigenvalue weighted by molar-refractivity contribution is -0.136. The number of benzene rings is 1. The fraction of sp³-hybridized carbons (Fsp3) is 0.474. The minimum Gasteiger partial charge on any atom is -0.397 e. The van der Waals surface area contributed by atoms with Crippen molar-refractivity contribution in [2.24, 2.45) is 0 Å². The van der Waals surface area contributed by atoms with E-state index in [1.165, 1.54) is 45.0 Å². The van der Waals surface area contributed by atoms with E-state index in [-0.39, 0.29) is 17.1 Å². The Bertz CT molecular complexity index is 801. The van der Waals surface area contributed by atoms with E-state index < -0.39 is 17.4 Å². The highest BCUT2D eigenvalue weighted by atomic mass is 19.4. The minimum absolute atomic E-state index is 0.182. The van der Waals surface area contributed by atoms with Gasteiger partial charge in [0, 0.05) is 5.56 Å². The molecular formula is C19H27F3N6. The number of rotatable bonds is 2. The van der Waals surface area contributed by atoms with Gasteiger partial charge < -0.3 is 22.1 Å². The van der Waals surface area contributed by atoms with E-state index in [0.29, 0.717) is 11.3 Å². The number of nitrogens with zero attached hydrogens (tertiary/aromatic N) is 3. The summed E-state index contributed by atoms with van der Waals surface area (Å²) in [6.45, 7) is 7.88. The molecule has 0 radical (unpaired) electrons. The Kier molecular flexibility index (Phi) is 7.06. The van der Waals surface area contributed by atoms with E-state index >= 15 is 0 Å². The number of likely N-dealkylation sites (tertiary alicyclic amines) is 1. The summed E-state index contributed by atoms with van der Waals surface area (Å²) in [7, 11) is 0. The van der Waals surface area contributed by atoms with Crippen LogP contribution < -0.4 is 17.2 Å². The first-order valence-corrected chi connectivity index (χ1v) is 9.22. The van der Waals surface area contributed by atoms with Gasteiger partial charge in [0.2, 0.25) is 0 Å². The predicted molar refractivity (Wildman–Crippen MR) is 106 cm³/mol. The first-order chi connectivity index (χ1) is 13.1. The summed E-state index contributed by atoms with van der Waals surface area (Å²) in [5.41, 5.74) is 16.2. The van der Waals surface area contributed by atoms with Crippen molar-refractivity contribution in [3.63, 3.8) is 0 Å². The van der Waals surface area contributed by atoms with Gasteiger partial charge in [-0.05, 0) is 63.2 Å². The number of alkyl halides is 3. The number of hydrogen-bond donors (Lipinski definition) is 3. The number of nitrogen functional groups attached to an aromatic ring is 3. The van der Waals surface area contributed by atoms with Crippen molar-refractivity contribution in [2.45, 2.75) is 39.3 Å². The second-order valence-electron chi connectivity index (χ2n) is 6.78. The van der Waals surface area contributed by atoms with Gasteiger partial charge in [0.05, 0.1) is 22.6 Å². The fourth-order valence-corrected chi connectivity index (χ4v) is 3.01. The number of aromatic nitrogens is 2. The summed E-state index contributed by atoms with van der Waals surface area (Å²) in [4.78, 5) is 2.52. The zero-order valence-electron chi connectivity index (χ0n) is 16.2. The molecular weight excluding hydrogens is 369 g/mol. The zero-order valence-corrected chi connectivity index (χ0v) is 16.2. The van der Waals surface area contributed by atoms with E-state index in [2.05, 4.69) is 22.0 Å². The average Bonchev–Trinajstić information content (AvgIpc) is 2.66. The molecule has 2 aromatic rings. The van der Waals surface area contributed by atoms with Crippen LogP contribution in [0.3, 0.4) is 0 Å². The Morgan fingerprint density at radius 2 is 1.64 bits per heavy atom. The highest BCUT2D eigenvalue weighted by molar-refractivity contribution is 5.85. The van der Waals surface area contributed by atoms with E-state index in [9.17, 15) is 13.2 Å². The number of aryl methyl sites for hydroxylation is 1. The molecule has 6 N–H and O–H groups in total. The second-order valence-corrected chi connectivity index (χ2v) is 6.78. The van der Waals surface area contributed by atoms with Crippen LogP contribution in [0.1, 0.15) is 37.3 Å². The van der Waals surface area contributed by atoms with E-state index in [4.69, 9.17) is 17.2 Å². The van der Waals surface area contributed by atoms with Gasteiger partial charge in [0.1, 0.15) is 5.82 Å². The van der Waals surface area contributed by atoms with Crippen LogP contribution in [0, 0.1) is 6.92 Å². The molecule has 1 aromatic carbocycles. The van der Waals surface area contributed by atoms with Crippen LogP contribution in [-0.4, -0.2) is 34.7 Å². The molecule has 1 aliphatic rings.